The van der Waals surface area contributed by atoms with E-state index >= 15 is 0 Å². The summed E-state index contributed by atoms with van der Waals surface area (Å²) in [6, 6.07) is 17.7. The molecule has 0 bridgehead atoms. The number of allylic oxidation sites excluding steroid dienone is 2. The number of benzene rings is 2. The average molecular weight is 472 g/mol. The van der Waals surface area contributed by atoms with Gasteiger partial charge in [-0.15, -0.1) is 6.58 Å². The molecule has 1 unspecified atom stereocenters. The van der Waals surface area contributed by atoms with Crippen LogP contribution in [0.1, 0.15) is 63.5 Å². The Hall–Kier alpha value is -3.04. The van der Waals surface area contributed by atoms with Crippen LogP contribution in [0.15, 0.2) is 79.5 Å². The first-order valence-electron chi connectivity index (χ1n) is 12.8. The van der Waals surface area contributed by atoms with Crippen molar-refractivity contribution in [1.82, 2.24) is 4.98 Å². The highest BCUT2D eigenvalue weighted by atomic mass is 19.1. The molecule has 3 heteroatoms. The molecule has 0 N–H and O–H groups in total. The van der Waals surface area contributed by atoms with Crippen molar-refractivity contribution in [2.45, 2.75) is 64.9 Å². The summed E-state index contributed by atoms with van der Waals surface area (Å²) in [4.78, 5) is 4.61. The third-order valence-corrected chi connectivity index (χ3v) is 6.16. The van der Waals surface area contributed by atoms with E-state index in [9.17, 15) is 4.39 Å². The van der Waals surface area contributed by atoms with Crippen molar-refractivity contribution in [3.05, 3.63) is 96.5 Å². The van der Waals surface area contributed by atoms with Crippen molar-refractivity contribution >= 4 is 6.08 Å². The van der Waals surface area contributed by atoms with Gasteiger partial charge in [-0.25, -0.2) is 4.39 Å². The second kappa shape index (κ2) is 14.4. The molecule has 0 fully saturated rings. The van der Waals surface area contributed by atoms with E-state index in [0.29, 0.717) is 18.1 Å². The van der Waals surface area contributed by atoms with Crippen LogP contribution in [0.2, 0.25) is 0 Å². The first-order chi connectivity index (χ1) is 17.1. The van der Waals surface area contributed by atoms with Crippen LogP contribution >= 0.6 is 0 Å². The number of nitrogens with zero attached hydrogens (tertiary/aromatic N) is 1. The summed E-state index contributed by atoms with van der Waals surface area (Å²) < 4.78 is 20.1. The Morgan fingerprint density at radius 1 is 0.971 bits per heavy atom. The molecule has 0 spiro atoms. The van der Waals surface area contributed by atoms with E-state index in [4.69, 9.17) is 4.74 Å². The monoisotopic (exact) mass is 471 g/mol. The average Bonchev–Trinajstić information content (AvgIpc) is 2.88. The van der Waals surface area contributed by atoms with Crippen LogP contribution in [0, 0.1) is 5.82 Å². The van der Waals surface area contributed by atoms with Crippen LogP contribution in [-0.4, -0.2) is 17.7 Å². The maximum absolute atomic E-state index is 14.3. The van der Waals surface area contributed by atoms with Crippen LogP contribution in [0.3, 0.4) is 0 Å². The summed E-state index contributed by atoms with van der Waals surface area (Å²) in [6.45, 7) is 8.95. The third-order valence-electron chi connectivity index (χ3n) is 6.16. The normalized spacial score (nSPS) is 12.2. The largest absolute Gasteiger partial charge is 0.379 e. The van der Waals surface area contributed by atoms with Gasteiger partial charge in [0.05, 0.1) is 11.8 Å². The van der Waals surface area contributed by atoms with Crippen molar-refractivity contribution < 1.29 is 9.13 Å². The molecule has 0 radical (unpaired) electrons. The summed E-state index contributed by atoms with van der Waals surface area (Å²) in [5.74, 6) is -0.208. The van der Waals surface area contributed by atoms with E-state index in [2.05, 4.69) is 61.8 Å². The molecule has 184 valence electrons. The third kappa shape index (κ3) is 8.60. The number of pyridine rings is 1. The first kappa shape index (κ1) is 26.6. The molecular formula is C32H38FNO. The second-order valence-electron chi connectivity index (χ2n) is 9.07. The summed E-state index contributed by atoms with van der Waals surface area (Å²) in [5, 5.41) is 0. The van der Waals surface area contributed by atoms with Gasteiger partial charge in [-0.3, -0.25) is 4.98 Å². The minimum Gasteiger partial charge on any atom is -0.379 e. The molecule has 2 aromatic carbocycles. The summed E-state index contributed by atoms with van der Waals surface area (Å²) in [7, 11) is 0. The quantitative estimate of drug-likeness (QED) is 0.173. The lowest BCUT2D eigenvalue weighted by Crippen LogP contribution is -2.08. The SMILES string of the molecule is C=CCc1ccc(-c2ccc(-c3ccc(/C=C/CCCC(C)OCCCCC)cc3)nc2)cc1F. The summed E-state index contributed by atoms with van der Waals surface area (Å²) in [5.41, 5.74) is 5.54. The number of ether oxygens (including phenoxy) is 1. The number of aromatic nitrogens is 1. The molecule has 0 saturated heterocycles. The van der Waals surface area contributed by atoms with Gasteiger partial charge in [-0.1, -0.05) is 80.5 Å². The molecule has 0 aliphatic heterocycles. The fourth-order valence-corrected chi connectivity index (χ4v) is 4.01. The fourth-order valence-electron chi connectivity index (χ4n) is 4.01. The highest BCUT2D eigenvalue weighted by Gasteiger charge is 2.06. The van der Waals surface area contributed by atoms with E-state index < -0.39 is 0 Å². The van der Waals surface area contributed by atoms with Crippen LogP contribution in [0.25, 0.3) is 28.5 Å². The second-order valence-corrected chi connectivity index (χ2v) is 9.07. The molecule has 3 rings (SSSR count). The van der Waals surface area contributed by atoms with Gasteiger partial charge in [0, 0.05) is 23.9 Å². The van der Waals surface area contributed by atoms with Crippen molar-refractivity contribution in [1.29, 1.82) is 0 Å². The van der Waals surface area contributed by atoms with Gasteiger partial charge in [0.1, 0.15) is 5.82 Å². The number of unbranched alkanes of at least 4 members (excludes halogenated alkanes) is 3. The zero-order chi connectivity index (χ0) is 24.9. The molecule has 0 saturated carbocycles. The van der Waals surface area contributed by atoms with E-state index in [1.165, 1.54) is 24.8 Å². The molecule has 0 aliphatic rings. The van der Waals surface area contributed by atoms with Gasteiger partial charge < -0.3 is 4.74 Å². The maximum atomic E-state index is 14.3. The van der Waals surface area contributed by atoms with Crippen molar-refractivity contribution in [3.63, 3.8) is 0 Å². The van der Waals surface area contributed by atoms with Crippen molar-refractivity contribution in [2.75, 3.05) is 6.61 Å². The molecule has 1 heterocycles. The topological polar surface area (TPSA) is 22.1 Å². The van der Waals surface area contributed by atoms with Crippen molar-refractivity contribution in [3.8, 4) is 22.4 Å². The Kier molecular flexibility index (Phi) is 10.9. The minimum absolute atomic E-state index is 0.208. The molecule has 1 atom stereocenters. The van der Waals surface area contributed by atoms with Crippen LogP contribution < -0.4 is 0 Å². The number of halogens is 1. The van der Waals surface area contributed by atoms with E-state index in [0.717, 1.165) is 48.3 Å². The zero-order valence-electron chi connectivity index (χ0n) is 21.2. The maximum Gasteiger partial charge on any atom is 0.127 e. The molecule has 0 amide bonds. The molecule has 2 nitrogen and oxygen atoms in total. The highest BCUT2D eigenvalue weighted by molar-refractivity contribution is 5.68. The molecule has 0 aliphatic carbocycles. The van der Waals surface area contributed by atoms with Gasteiger partial charge in [-0.05, 0) is 67.9 Å². The summed E-state index contributed by atoms with van der Waals surface area (Å²) >= 11 is 0. The van der Waals surface area contributed by atoms with Gasteiger partial charge in [0.25, 0.3) is 0 Å². The van der Waals surface area contributed by atoms with E-state index in [1.807, 2.05) is 24.3 Å². The summed E-state index contributed by atoms with van der Waals surface area (Å²) in [6.07, 6.45) is 15.8. The number of rotatable bonds is 14. The van der Waals surface area contributed by atoms with Crippen LogP contribution in [-0.2, 0) is 11.2 Å². The smallest absolute Gasteiger partial charge is 0.127 e. The predicted molar refractivity (Wildman–Crippen MR) is 147 cm³/mol. The Bertz CT molecular complexity index is 1070. The Morgan fingerprint density at radius 3 is 2.43 bits per heavy atom. The lowest BCUT2D eigenvalue weighted by atomic mass is 10.0. The van der Waals surface area contributed by atoms with Gasteiger partial charge >= 0.3 is 0 Å². The minimum atomic E-state index is -0.208. The van der Waals surface area contributed by atoms with Gasteiger partial charge in [-0.2, -0.15) is 0 Å². The van der Waals surface area contributed by atoms with Crippen molar-refractivity contribution in [2.24, 2.45) is 0 Å². The molecule has 1 aromatic heterocycles. The Morgan fingerprint density at radius 2 is 1.74 bits per heavy atom. The van der Waals surface area contributed by atoms with Gasteiger partial charge in [0.15, 0.2) is 0 Å². The molecule has 35 heavy (non-hydrogen) atoms. The lowest BCUT2D eigenvalue weighted by Gasteiger charge is -2.12. The fraction of sp³-hybridized carbons (Fsp3) is 0.344. The molecule has 3 aromatic rings. The zero-order valence-corrected chi connectivity index (χ0v) is 21.2. The van der Waals surface area contributed by atoms with Crippen LogP contribution in [0.4, 0.5) is 4.39 Å². The van der Waals surface area contributed by atoms with E-state index in [1.54, 1.807) is 18.3 Å². The highest BCUT2D eigenvalue weighted by Crippen LogP contribution is 2.25. The van der Waals surface area contributed by atoms with E-state index in [-0.39, 0.29) is 5.82 Å². The van der Waals surface area contributed by atoms with Crippen LogP contribution in [0.5, 0.6) is 0 Å². The number of hydrogen-bond donors (Lipinski definition) is 0. The number of hydrogen-bond acceptors (Lipinski definition) is 2. The first-order valence-corrected chi connectivity index (χ1v) is 12.8. The Labute approximate surface area is 210 Å². The standard InChI is InChI=1S/C32H38FNO/c1-4-6-10-22-35-25(3)12-8-7-9-13-26-14-16-28(17-15-26)32-21-20-30(24-34-32)29-19-18-27(11-5-2)31(33)23-29/h5,9,13-21,23-25H,2,4,6-8,10-12,22H2,1,3H3/b13-9+. The van der Waals surface area contributed by atoms with Gasteiger partial charge in [0.2, 0.25) is 0 Å². The molecular weight excluding hydrogens is 433 g/mol. The predicted octanol–water partition coefficient (Wildman–Crippen LogP) is 9.06. The lowest BCUT2D eigenvalue weighted by molar-refractivity contribution is 0.0566. The Balaban J connectivity index is 1.49.